The van der Waals surface area contributed by atoms with Crippen LogP contribution < -0.4 is 10.2 Å². The van der Waals surface area contributed by atoms with Gasteiger partial charge in [-0.15, -0.1) is 10.2 Å². The molecule has 8 heteroatoms. The van der Waals surface area contributed by atoms with Gasteiger partial charge in [-0.3, -0.25) is 5.32 Å². The van der Waals surface area contributed by atoms with Crippen LogP contribution in [0, 0.1) is 6.92 Å². The number of hydrogen-bond acceptors (Lipinski definition) is 5. The standard InChI is InChI=1S/C14H16ClN5OS/c1-10-2-3-11(15)8-12(10)19-4-6-20(7-5-19)14(21)17-13-18-16-9-22-13/h2-3,8-9H,4-7H2,1H3,(H,17,18,21). The fraction of sp³-hybridized carbons (Fsp3) is 0.357. The van der Waals surface area contributed by atoms with Crippen molar-refractivity contribution in [3.8, 4) is 0 Å². The molecule has 1 aliphatic heterocycles. The molecule has 1 aromatic heterocycles. The van der Waals surface area contributed by atoms with Crippen LogP contribution in [0.1, 0.15) is 5.56 Å². The summed E-state index contributed by atoms with van der Waals surface area (Å²) in [6, 6.07) is 5.77. The van der Waals surface area contributed by atoms with Crippen LogP contribution in [0.4, 0.5) is 15.6 Å². The molecular weight excluding hydrogens is 322 g/mol. The van der Waals surface area contributed by atoms with Crippen LogP contribution in [0.2, 0.25) is 5.02 Å². The molecule has 0 spiro atoms. The number of piperazine rings is 1. The van der Waals surface area contributed by atoms with Gasteiger partial charge in [-0.05, 0) is 24.6 Å². The van der Waals surface area contributed by atoms with Gasteiger partial charge in [-0.1, -0.05) is 29.0 Å². The summed E-state index contributed by atoms with van der Waals surface area (Å²) in [4.78, 5) is 16.2. The first-order valence-electron chi connectivity index (χ1n) is 6.96. The fourth-order valence-electron chi connectivity index (χ4n) is 2.47. The Kier molecular flexibility index (Phi) is 4.44. The Labute approximate surface area is 137 Å². The molecule has 22 heavy (non-hydrogen) atoms. The quantitative estimate of drug-likeness (QED) is 0.915. The Balaban J connectivity index is 1.60. The smallest absolute Gasteiger partial charge is 0.323 e. The van der Waals surface area contributed by atoms with E-state index in [2.05, 4.69) is 27.3 Å². The average Bonchev–Trinajstić information content (AvgIpc) is 3.03. The number of nitrogens with one attached hydrogen (secondary N) is 1. The van der Waals surface area contributed by atoms with Crippen molar-refractivity contribution in [1.82, 2.24) is 15.1 Å². The van der Waals surface area contributed by atoms with Gasteiger partial charge >= 0.3 is 6.03 Å². The second kappa shape index (κ2) is 6.50. The number of aromatic nitrogens is 2. The van der Waals surface area contributed by atoms with Gasteiger partial charge in [-0.2, -0.15) is 0 Å². The molecule has 2 amide bonds. The molecule has 1 fully saturated rings. The molecule has 1 N–H and O–H groups in total. The number of rotatable bonds is 2. The predicted octanol–water partition coefficient (Wildman–Crippen LogP) is 2.85. The van der Waals surface area contributed by atoms with E-state index in [0.29, 0.717) is 18.2 Å². The molecule has 0 unspecified atom stereocenters. The highest BCUT2D eigenvalue weighted by Gasteiger charge is 2.22. The molecular formula is C14H16ClN5OS. The molecule has 116 valence electrons. The van der Waals surface area contributed by atoms with Crippen molar-refractivity contribution in [2.75, 3.05) is 36.4 Å². The molecule has 1 saturated heterocycles. The number of amides is 2. The minimum Gasteiger partial charge on any atom is -0.368 e. The van der Waals surface area contributed by atoms with Crippen molar-refractivity contribution < 1.29 is 4.79 Å². The van der Waals surface area contributed by atoms with Crippen molar-refractivity contribution in [3.63, 3.8) is 0 Å². The lowest BCUT2D eigenvalue weighted by molar-refractivity contribution is 0.208. The van der Waals surface area contributed by atoms with Crippen molar-refractivity contribution in [1.29, 1.82) is 0 Å². The summed E-state index contributed by atoms with van der Waals surface area (Å²) in [6.45, 7) is 4.96. The van der Waals surface area contributed by atoms with Gasteiger partial charge < -0.3 is 9.80 Å². The maximum atomic E-state index is 12.1. The summed E-state index contributed by atoms with van der Waals surface area (Å²) in [7, 11) is 0. The summed E-state index contributed by atoms with van der Waals surface area (Å²) in [6.07, 6.45) is 0. The maximum absolute atomic E-state index is 12.1. The number of hydrogen-bond donors (Lipinski definition) is 1. The van der Waals surface area contributed by atoms with E-state index in [1.165, 1.54) is 16.9 Å². The van der Waals surface area contributed by atoms with Crippen LogP contribution in [0.15, 0.2) is 23.7 Å². The first kappa shape index (κ1) is 15.1. The Hall–Kier alpha value is -1.86. The van der Waals surface area contributed by atoms with E-state index in [4.69, 9.17) is 11.6 Å². The maximum Gasteiger partial charge on any atom is 0.323 e. The molecule has 1 aromatic carbocycles. The fourth-order valence-corrected chi connectivity index (χ4v) is 3.07. The summed E-state index contributed by atoms with van der Waals surface area (Å²) in [5.74, 6) is 0. The zero-order valence-electron chi connectivity index (χ0n) is 12.1. The number of benzene rings is 1. The third kappa shape index (κ3) is 3.31. The number of nitrogens with zero attached hydrogens (tertiary/aromatic N) is 4. The van der Waals surface area contributed by atoms with Gasteiger partial charge in [0.1, 0.15) is 5.51 Å². The lowest BCUT2D eigenvalue weighted by Gasteiger charge is -2.36. The second-order valence-electron chi connectivity index (χ2n) is 5.08. The molecule has 3 rings (SSSR count). The van der Waals surface area contributed by atoms with Crippen LogP contribution in [0.3, 0.4) is 0 Å². The summed E-state index contributed by atoms with van der Waals surface area (Å²) in [5.41, 5.74) is 3.92. The van der Waals surface area contributed by atoms with Crippen LogP contribution >= 0.6 is 22.9 Å². The molecule has 0 bridgehead atoms. The second-order valence-corrected chi connectivity index (χ2v) is 6.35. The highest BCUT2D eigenvalue weighted by atomic mass is 35.5. The molecule has 2 aromatic rings. The van der Waals surface area contributed by atoms with Crippen molar-refractivity contribution in [2.45, 2.75) is 6.92 Å². The third-order valence-electron chi connectivity index (χ3n) is 3.65. The SMILES string of the molecule is Cc1ccc(Cl)cc1N1CCN(C(=O)Nc2nncs2)CC1. The van der Waals surface area contributed by atoms with Gasteiger partial charge in [0.05, 0.1) is 0 Å². The van der Waals surface area contributed by atoms with E-state index in [9.17, 15) is 4.79 Å². The molecule has 0 saturated carbocycles. The van der Waals surface area contributed by atoms with Crippen molar-refractivity contribution in [2.24, 2.45) is 0 Å². The summed E-state index contributed by atoms with van der Waals surface area (Å²) in [5, 5.41) is 11.5. The lowest BCUT2D eigenvalue weighted by Crippen LogP contribution is -2.50. The highest BCUT2D eigenvalue weighted by molar-refractivity contribution is 7.13. The van der Waals surface area contributed by atoms with E-state index in [1.54, 1.807) is 10.4 Å². The largest absolute Gasteiger partial charge is 0.368 e. The number of carbonyl (C=O) groups excluding carboxylic acids is 1. The van der Waals surface area contributed by atoms with E-state index in [-0.39, 0.29) is 6.03 Å². The first-order valence-corrected chi connectivity index (χ1v) is 8.22. The van der Waals surface area contributed by atoms with Crippen LogP contribution in [0.5, 0.6) is 0 Å². The zero-order valence-corrected chi connectivity index (χ0v) is 13.7. The molecule has 6 nitrogen and oxygen atoms in total. The van der Waals surface area contributed by atoms with E-state index >= 15 is 0 Å². The Morgan fingerprint density at radius 3 is 2.77 bits per heavy atom. The molecule has 2 heterocycles. The van der Waals surface area contributed by atoms with Gasteiger partial charge in [0.15, 0.2) is 0 Å². The van der Waals surface area contributed by atoms with Gasteiger partial charge in [0, 0.05) is 36.9 Å². The van der Waals surface area contributed by atoms with Gasteiger partial charge in [0.25, 0.3) is 0 Å². The molecule has 1 aliphatic rings. The molecule has 0 atom stereocenters. The lowest BCUT2D eigenvalue weighted by atomic mass is 10.1. The van der Waals surface area contributed by atoms with Crippen LogP contribution in [0.25, 0.3) is 0 Å². The Morgan fingerprint density at radius 1 is 1.32 bits per heavy atom. The zero-order chi connectivity index (χ0) is 15.5. The average molecular weight is 338 g/mol. The molecule has 0 radical (unpaired) electrons. The number of anilines is 2. The Bertz CT molecular complexity index is 655. The van der Waals surface area contributed by atoms with Crippen LogP contribution in [-0.2, 0) is 0 Å². The van der Waals surface area contributed by atoms with Gasteiger partial charge in [0.2, 0.25) is 5.13 Å². The highest BCUT2D eigenvalue weighted by Crippen LogP contribution is 2.25. The minimum absolute atomic E-state index is 0.126. The summed E-state index contributed by atoms with van der Waals surface area (Å²) < 4.78 is 0. The van der Waals surface area contributed by atoms with E-state index in [1.807, 2.05) is 18.2 Å². The third-order valence-corrected chi connectivity index (χ3v) is 4.49. The normalized spacial score (nSPS) is 15.0. The number of carbonyl (C=O) groups is 1. The van der Waals surface area contributed by atoms with E-state index in [0.717, 1.165) is 23.8 Å². The minimum atomic E-state index is -0.126. The van der Waals surface area contributed by atoms with Gasteiger partial charge in [-0.25, -0.2) is 4.79 Å². The first-order chi connectivity index (χ1) is 10.6. The van der Waals surface area contributed by atoms with Crippen molar-refractivity contribution in [3.05, 3.63) is 34.3 Å². The van der Waals surface area contributed by atoms with Crippen molar-refractivity contribution >= 4 is 39.8 Å². The molecule has 0 aliphatic carbocycles. The number of urea groups is 1. The van der Waals surface area contributed by atoms with E-state index < -0.39 is 0 Å². The predicted molar refractivity (Wildman–Crippen MR) is 88.9 cm³/mol. The number of halogens is 1. The monoisotopic (exact) mass is 337 g/mol. The number of aryl methyl sites for hydroxylation is 1. The Morgan fingerprint density at radius 2 is 2.09 bits per heavy atom. The van der Waals surface area contributed by atoms with Crippen LogP contribution in [-0.4, -0.2) is 47.3 Å². The topological polar surface area (TPSA) is 61.4 Å². The summed E-state index contributed by atoms with van der Waals surface area (Å²) >= 11 is 7.39.